The van der Waals surface area contributed by atoms with Gasteiger partial charge in [-0.1, -0.05) is 17.7 Å². The number of aliphatic hydroxyl groups excluding tert-OH is 3. The first-order chi connectivity index (χ1) is 12.4. The van der Waals surface area contributed by atoms with E-state index in [0.717, 1.165) is 10.1 Å². The molecule has 4 atom stereocenters. The van der Waals surface area contributed by atoms with E-state index in [9.17, 15) is 19.8 Å². The van der Waals surface area contributed by atoms with E-state index < -0.39 is 42.7 Å². The molecule has 1 aliphatic heterocycles. The number of hydrogen-bond acceptors (Lipinski definition) is 7. The number of nitrogens with one attached hydrogen (secondary N) is 1. The molecule has 9 nitrogen and oxygen atoms in total. The first-order valence-corrected chi connectivity index (χ1v) is 8.00. The van der Waals surface area contributed by atoms with E-state index in [-0.39, 0.29) is 5.82 Å². The van der Waals surface area contributed by atoms with Gasteiger partial charge in [-0.25, -0.2) is 4.79 Å². The monoisotopic (exact) mass is 361 g/mol. The third-order valence-electron chi connectivity index (χ3n) is 4.18. The lowest BCUT2D eigenvalue weighted by molar-refractivity contribution is -0.0549. The van der Waals surface area contributed by atoms with Gasteiger partial charge in [-0.15, -0.1) is 0 Å². The molecule has 1 aromatic heterocycles. The number of ether oxygens (including phenoxy) is 1. The van der Waals surface area contributed by atoms with Gasteiger partial charge in [0.25, 0.3) is 5.91 Å². The summed E-state index contributed by atoms with van der Waals surface area (Å²) >= 11 is 0. The number of aliphatic hydroxyl groups is 3. The number of carbonyl (C=O) groups excluding carboxylic acids is 1. The van der Waals surface area contributed by atoms with E-state index in [1.54, 1.807) is 24.3 Å². The molecule has 4 N–H and O–H groups in total. The van der Waals surface area contributed by atoms with Gasteiger partial charge in [0.15, 0.2) is 6.23 Å². The number of rotatable bonds is 4. The second-order valence-electron chi connectivity index (χ2n) is 6.05. The Morgan fingerprint density at radius 2 is 1.92 bits per heavy atom. The second-order valence-corrected chi connectivity index (χ2v) is 6.05. The summed E-state index contributed by atoms with van der Waals surface area (Å²) < 4.78 is 6.28. The fraction of sp³-hybridized carbons (Fsp3) is 0.353. The normalized spacial score (nSPS) is 25.2. The molecule has 0 radical (unpaired) electrons. The lowest BCUT2D eigenvalue weighted by Crippen LogP contribution is -2.36. The van der Waals surface area contributed by atoms with Gasteiger partial charge >= 0.3 is 5.69 Å². The van der Waals surface area contributed by atoms with E-state index in [4.69, 9.17) is 9.84 Å². The molecule has 2 aromatic rings. The van der Waals surface area contributed by atoms with Crippen LogP contribution in [0.2, 0.25) is 0 Å². The Kier molecular flexibility index (Phi) is 5.14. The van der Waals surface area contributed by atoms with E-state index in [0.29, 0.717) is 5.56 Å². The zero-order chi connectivity index (χ0) is 18.8. The van der Waals surface area contributed by atoms with Crippen LogP contribution in [0.15, 0.2) is 41.3 Å². The van der Waals surface area contributed by atoms with Gasteiger partial charge in [0.2, 0.25) is 0 Å². The van der Waals surface area contributed by atoms with Crippen molar-refractivity contribution in [1.82, 2.24) is 9.55 Å². The molecular formula is C17H19N3O6. The number of nitrogens with zero attached hydrogens (tertiary/aromatic N) is 2. The summed E-state index contributed by atoms with van der Waals surface area (Å²) in [4.78, 5) is 28.1. The van der Waals surface area contributed by atoms with Gasteiger partial charge in [-0.3, -0.25) is 9.36 Å². The van der Waals surface area contributed by atoms with Gasteiger partial charge in [-0.05, 0) is 25.1 Å². The minimum absolute atomic E-state index is 0.0450. The van der Waals surface area contributed by atoms with Crippen molar-refractivity contribution >= 4 is 11.7 Å². The Morgan fingerprint density at radius 1 is 1.23 bits per heavy atom. The Morgan fingerprint density at radius 3 is 2.50 bits per heavy atom. The Labute approximate surface area is 148 Å². The van der Waals surface area contributed by atoms with Gasteiger partial charge in [0.1, 0.15) is 24.1 Å². The summed E-state index contributed by atoms with van der Waals surface area (Å²) in [7, 11) is 0. The molecule has 3 rings (SSSR count). The van der Waals surface area contributed by atoms with Crippen molar-refractivity contribution in [2.24, 2.45) is 0 Å². The summed E-state index contributed by atoms with van der Waals surface area (Å²) in [6.07, 6.45) is -3.59. The minimum atomic E-state index is -1.39. The largest absolute Gasteiger partial charge is 0.394 e. The SMILES string of the molecule is Cc1ccc(C(=O)Nc2ccn([C@@H]3O[C@@H](CO)[C@@H](O)[C@@H]3O)c(=O)n2)cc1. The predicted octanol–water partition coefficient (Wildman–Crippen LogP) is -0.584. The third kappa shape index (κ3) is 3.51. The summed E-state index contributed by atoms with van der Waals surface area (Å²) in [6.45, 7) is 1.41. The van der Waals surface area contributed by atoms with Crippen LogP contribution in [-0.2, 0) is 4.74 Å². The quantitative estimate of drug-likeness (QED) is 0.572. The van der Waals surface area contributed by atoms with Gasteiger partial charge < -0.3 is 25.4 Å². The highest BCUT2D eigenvalue weighted by molar-refractivity contribution is 6.03. The molecule has 0 spiro atoms. The Hall–Kier alpha value is -2.59. The molecule has 26 heavy (non-hydrogen) atoms. The number of anilines is 1. The lowest BCUT2D eigenvalue weighted by Gasteiger charge is -2.17. The predicted molar refractivity (Wildman–Crippen MR) is 90.6 cm³/mol. The fourth-order valence-corrected chi connectivity index (χ4v) is 2.68. The van der Waals surface area contributed by atoms with E-state index in [1.807, 2.05) is 6.92 Å². The highest BCUT2D eigenvalue weighted by atomic mass is 16.6. The average Bonchev–Trinajstić information content (AvgIpc) is 2.90. The topological polar surface area (TPSA) is 134 Å². The van der Waals surface area contributed by atoms with Crippen LogP contribution in [0.25, 0.3) is 0 Å². The second kappa shape index (κ2) is 7.34. The van der Waals surface area contributed by atoms with Crippen LogP contribution in [0.5, 0.6) is 0 Å². The number of benzene rings is 1. The zero-order valence-electron chi connectivity index (χ0n) is 13.9. The van der Waals surface area contributed by atoms with Crippen LogP contribution in [0.4, 0.5) is 5.82 Å². The zero-order valence-corrected chi connectivity index (χ0v) is 13.9. The highest BCUT2D eigenvalue weighted by Crippen LogP contribution is 2.28. The summed E-state index contributed by atoms with van der Waals surface area (Å²) in [6, 6.07) is 8.28. The maximum absolute atomic E-state index is 12.2. The first kappa shape index (κ1) is 18.2. The average molecular weight is 361 g/mol. The van der Waals surface area contributed by atoms with Crippen LogP contribution in [-0.4, -0.2) is 55.7 Å². The van der Waals surface area contributed by atoms with Crippen molar-refractivity contribution in [3.63, 3.8) is 0 Å². The van der Waals surface area contributed by atoms with E-state index >= 15 is 0 Å². The van der Waals surface area contributed by atoms with Gasteiger partial charge in [0, 0.05) is 11.8 Å². The Bertz CT molecular complexity index is 850. The molecule has 138 valence electrons. The van der Waals surface area contributed by atoms with E-state index in [1.165, 1.54) is 12.3 Å². The summed E-state index contributed by atoms with van der Waals surface area (Å²) in [5, 5.41) is 31.4. The lowest BCUT2D eigenvalue weighted by atomic mass is 10.1. The molecule has 1 amide bonds. The van der Waals surface area contributed by atoms with Gasteiger partial charge in [-0.2, -0.15) is 4.98 Å². The van der Waals surface area contributed by atoms with Crippen molar-refractivity contribution < 1.29 is 24.9 Å². The molecule has 1 fully saturated rings. The number of carbonyl (C=O) groups is 1. The molecular weight excluding hydrogens is 342 g/mol. The molecule has 1 saturated heterocycles. The minimum Gasteiger partial charge on any atom is -0.394 e. The maximum atomic E-state index is 12.2. The van der Waals surface area contributed by atoms with Crippen molar-refractivity contribution in [2.75, 3.05) is 11.9 Å². The Balaban J connectivity index is 1.77. The van der Waals surface area contributed by atoms with Gasteiger partial charge in [0.05, 0.1) is 6.61 Å². The summed E-state index contributed by atoms with van der Waals surface area (Å²) in [5.41, 5.74) is 0.660. The molecule has 0 saturated carbocycles. The standard InChI is InChI=1S/C17H19N3O6/c1-9-2-4-10(5-3-9)15(24)18-12-6-7-20(17(25)19-12)16-14(23)13(22)11(8-21)26-16/h2-7,11,13-14,16,21-23H,8H2,1H3,(H,18,19,24,25)/t11-,13+,14-,16+/m0/s1. The van der Waals surface area contributed by atoms with Crippen LogP contribution >= 0.6 is 0 Å². The number of aromatic nitrogens is 2. The number of amides is 1. The fourth-order valence-electron chi connectivity index (χ4n) is 2.68. The molecule has 1 aromatic carbocycles. The van der Waals surface area contributed by atoms with Crippen molar-refractivity contribution in [3.05, 3.63) is 58.1 Å². The molecule has 0 aliphatic carbocycles. The van der Waals surface area contributed by atoms with Crippen molar-refractivity contribution in [3.8, 4) is 0 Å². The number of hydrogen-bond donors (Lipinski definition) is 4. The van der Waals surface area contributed by atoms with E-state index in [2.05, 4.69) is 10.3 Å². The molecule has 0 unspecified atom stereocenters. The summed E-state index contributed by atoms with van der Waals surface area (Å²) in [5.74, 6) is -0.369. The van der Waals surface area contributed by atoms with Crippen LogP contribution < -0.4 is 11.0 Å². The highest BCUT2D eigenvalue weighted by Gasteiger charge is 2.43. The molecule has 9 heteroatoms. The van der Waals surface area contributed by atoms with Crippen molar-refractivity contribution in [2.45, 2.75) is 31.5 Å². The van der Waals surface area contributed by atoms with Crippen LogP contribution in [0.1, 0.15) is 22.1 Å². The van der Waals surface area contributed by atoms with Crippen molar-refractivity contribution in [1.29, 1.82) is 0 Å². The molecule has 2 heterocycles. The van der Waals surface area contributed by atoms with Crippen LogP contribution in [0, 0.1) is 6.92 Å². The molecule has 0 bridgehead atoms. The maximum Gasteiger partial charge on any atom is 0.351 e. The third-order valence-corrected chi connectivity index (χ3v) is 4.18. The smallest absolute Gasteiger partial charge is 0.351 e. The number of aryl methyl sites for hydroxylation is 1. The molecule has 1 aliphatic rings. The van der Waals surface area contributed by atoms with Crippen LogP contribution in [0.3, 0.4) is 0 Å². The first-order valence-electron chi connectivity index (χ1n) is 8.00.